The van der Waals surface area contributed by atoms with Crippen LogP contribution >= 0.6 is 0 Å². The number of aromatic nitrogens is 2. The minimum Gasteiger partial charge on any atom is -0.505 e. The van der Waals surface area contributed by atoms with Crippen LogP contribution in [0, 0.1) is 20.2 Å². The van der Waals surface area contributed by atoms with E-state index in [4.69, 9.17) is 0 Å². The zero-order chi connectivity index (χ0) is 39.0. The molecule has 13 heteroatoms. The Hall–Kier alpha value is -6.94. The summed E-state index contributed by atoms with van der Waals surface area (Å²) in [5.41, 5.74) is 5.32. The van der Waals surface area contributed by atoms with E-state index in [9.17, 15) is 30.4 Å². The number of aromatic hydroxyl groups is 2. The number of nitro groups is 2. The topological polar surface area (TPSA) is 177 Å². The van der Waals surface area contributed by atoms with Crippen LogP contribution in [0.5, 0.6) is 11.5 Å². The first kappa shape index (κ1) is 39.7. The molecule has 278 valence electrons. The molecule has 2 heterocycles. The number of hydrogen-bond acceptors (Lipinski definition) is 10. The van der Waals surface area contributed by atoms with Gasteiger partial charge in [-0.25, -0.2) is 0 Å². The Kier molecular flexibility index (Phi) is 12.6. The normalized spacial score (nSPS) is 11.6. The van der Waals surface area contributed by atoms with Crippen molar-refractivity contribution in [2.75, 3.05) is 10.6 Å². The summed E-state index contributed by atoms with van der Waals surface area (Å²) in [4.78, 5) is 29.9. The van der Waals surface area contributed by atoms with Crippen molar-refractivity contribution in [2.24, 2.45) is 0 Å². The largest absolute Gasteiger partial charge is 0.505 e. The van der Waals surface area contributed by atoms with E-state index in [1.807, 2.05) is 109 Å². The van der Waals surface area contributed by atoms with Crippen molar-refractivity contribution < 1.29 is 47.4 Å². The standard InChI is InChI=1S/2C22H17N3O3.Cd/c2*26-22-19(12-11-16-8-5-13-23-21(16)22)20(15-6-2-1-3-7-15)24-17-9-4-10-18(14-17)25(27)28;/h2*1-14,20,24,26H;. The quantitative estimate of drug-likeness (QED) is 0.0588. The molecular weight excluding hydrogens is 821 g/mol. The third kappa shape index (κ3) is 9.14. The Morgan fingerprint density at radius 3 is 1.28 bits per heavy atom. The van der Waals surface area contributed by atoms with E-state index in [2.05, 4.69) is 20.6 Å². The van der Waals surface area contributed by atoms with E-state index in [-0.39, 0.29) is 50.2 Å². The van der Waals surface area contributed by atoms with Gasteiger partial charge in [0, 0.05) is 97.2 Å². The molecule has 0 fully saturated rings. The van der Waals surface area contributed by atoms with Gasteiger partial charge in [0.2, 0.25) is 0 Å². The fourth-order valence-electron chi connectivity index (χ4n) is 6.48. The van der Waals surface area contributed by atoms with Crippen LogP contribution in [0.2, 0.25) is 0 Å². The molecular formula is C44H34CdN6O6. The van der Waals surface area contributed by atoms with Crippen LogP contribution in [0.25, 0.3) is 21.8 Å². The molecule has 4 N–H and O–H groups in total. The summed E-state index contributed by atoms with van der Waals surface area (Å²) in [6.45, 7) is 0. The molecule has 0 aliphatic carbocycles. The average molecular weight is 855 g/mol. The second-order valence-electron chi connectivity index (χ2n) is 12.7. The molecule has 0 aliphatic heterocycles. The predicted octanol–water partition coefficient (Wildman–Crippen LogP) is 10.1. The number of nitrogens with one attached hydrogen (secondary N) is 2. The number of rotatable bonds is 10. The van der Waals surface area contributed by atoms with Crippen LogP contribution in [0.15, 0.2) is 170 Å². The van der Waals surface area contributed by atoms with Gasteiger partial charge in [-0.1, -0.05) is 109 Å². The summed E-state index contributed by atoms with van der Waals surface area (Å²) >= 11 is 0. The smallest absolute Gasteiger partial charge is 0.271 e. The van der Waals surface area contributed by atoms with Gasteiger partial charge in [0.15, 0.2) is 0 Å². The summed E-state index contributed by atoms with van der Waals surface area (Å²) in [5, 5.41) is 52.3. The molecule has 2 unspecified atom stereocenters. The van der Waals surface area contributed by atoms with Gasteiger partial charge < -0.3 is 20.8 Å². The molecule has 8 aromatic rings. The summed E-state index contributed by atoms with van der Waals surface area (Å²) < 4.78 is 0. The van der Waals surface area contributed by atoms with Gasteiger partial charge in [0.05, 0.1) is 21.9 Å². The van der Waals surface area contributed by atoms with Gasteiger partial charge in [-0.3, -0.25) is 30.2 Å². The van der Waals surface area contributed by atoms with Crippen molar-refractivity contribution >= 4 is 44.6 Å². The van der Waals surface area contributed by atoms with E-state index in [1.165, 1.54) is 24.3 Å². The molecule has 2 atom stereocenters. The molecule has 0 spiro atoms. The molecule has 2 aromatic heterocycles. The van der Waals surface area contributed by atoms with Gasteiger partial charge >= 0.3 is 0 Å². The van der Waals surface area contributed by atoms with Gasteiger partial charge in [-0.15, -0.1) is 0 Å². The van der Waals surface area contributed by atoms with Gasteiger partial charge in [0.25, 0.3) is 11.4 Å². The van der Waals surface area contributed by atoms with Crippen molar-refractivity contribution in [3.63, 3.8) is 0 Å². The molecule has 0 saturated carbocycles. The maximum absolute atomic E-state index is 11.1. The Morgan fingerprint density at radius 2 is 0.895 bits per heavy atom. The minimum absolute atomic E-state index is 0. The Labute approximate surface area is 347 Å². The van der Waals surface area contributed by atoms with E-state index < -0.39 is 21.9 Å². The first-order chi connectivity index (χ1) is 27.3. The number of pyridine rings is 2. The summed E-state index contributed by atoms with van der Waals surface area (Å²) in [5.74, 6) is 0.176. The molecule has 0 bridgehead atoms. The molecule has 6 aromatic carbocycles. The van der Waals surface area contributed by atoms with Crippen LogP contribution in [0.3, 0.4) is 0 Å². The number of hydrogen-bond donors (Lipinski definition) is 4. The number of nitro benzene ring substituents is 2. The number of nitrogens with zero attached hydrogens (tertiary/aromatic N) is 4. The molecule has 0 aliphatic rings. The fourth-order valence-corrected chi connectivity index (χ4v) is 6.48. The fraction of sp³-hybridized carbons (Fsp3) is 0.0455. The van der Waals surface area contributed by atoms with Crippen LogP contribution in [0.4, 0.5) is 22.7 Å². The average Bonchev–Trinajstić information content (AvgIpc) is 3.24. The number of anilines is 2. The van der Waals surface area contributed by atoms with E-state index in [0.717, 1.165) is 21.9 Å². The number of non-ortho nitro benzene ring substituents is 2. The third-order valence-corrected chi connectivity index (χ3v) is 9.18. The molecule has 0 saturated heterocycles. The van der Waals surface area contributed by atoms with Crippen LogP contribution in [0.1, 0.15) is 34.3 Å². The Balaban J connectivity index is 0.000000189. The second kappa shape index (κ2) is 18.1. The first-order valence-corrected chi connectivity index (χ1v) is 17.5. The zero-order valence-corrected chi connectivity index (χ0v) is 34.4. The van der Waals surface area contributed by atoms with Crippen molar-refractivity contribution in [3.05, 3.63) is 213 Å². The maximum Gasteiger partial charge on any atom is 0.271 e. The first-order valence-electron chi connectivity index (χ1n) is 17.5. The van der Waals surface area contributed by atoms with E-state index in [1.54, 1.807) is 36.7 Å². The molecule has 8 rings (SSSR count). The second-order valence-corrected chi connectivity index (χ2v) is 12.7. The van der Waals surface area contributed by atoms with Crippen molar-refractivity contribution in [2.45, 2.75) is 12.1 Å². The predicted molar refractivity (Wildman–Crippen MR) is 217 cm³/mol. The molecule has 57 heavy (non-hydrogen) atoms. The molecule has 0 amide bonds. The van der Waals surface area contributed by atoms with E-state index >= 15 is 0 Å². The Bertz CT molecular complexity index is 2480. The summed E-state index contributed by atoms with van der Waals surface area (Å²) in [6, 6.07) is 46.0. The van der Waals surface area contributed by atoms with E-state index in [0.29, 0.717) is 33.5 Å². The van der Waals surface area contributed by atoms with Crippen LogP contribution in [-0.2, 0) is 27.3 Å². The number of fused-ring (bicyclic) bond motifs is 2. The number of benzene rings is 6. The monoisotopic (exact) mass is 856 g/mol. The summed E-state index contributed by atoms with van der Waals surface area (Å²) in [7, 11) is 0. The van der Waals surface area contributed by atoms with Crippen LogP contribution < -0.4 is 10.6 Å². The van der Waals surface area contributed by atoms with Crippen molar-refractivity contribution in [1.82, 2.24) is 9.97 Å². The number of phenols is 2. The zero-order valence-electron chi connectivity index (χ0n) is 30.3. The van der Waals surface area contributed by atoms with Gasteiger partial charge in [-0.05, 0) is 35.4 Å². The van der Waals surface area contributed by atoms with Gasteiger partial charge in [0.1, 0.15) is 22.5 Å². The summed E-state index contributed by atoms with van der Waals surface area (Å²) in [6.07, 6.45) is 3.27. The maximum atomic E-state index is 11.1. The third-order valence-electron chi connectivity index (χ3n) is 9.18. The SMILES string of the molecule is O=[N+]([O-])c1cccc(NC(c2ccccc2)c2ccc3cccnc3c2O)c1.O=[N+]([O-])c1cccc(NC(c2ccccc2)c2ccc3cccnc3c2O)c1.[Cd]. The number of phenolic OH excluding ortho intramolecular Hbond substituents is 2. The molecule has 12 nitrogen and oxygen atoms in total. The van der Waals surface area contributed by atoms with Gasteiger partial charge in [-0.2, -0.15) is 0 Å². The van der Waals surface area contributed by atoms with Crippen molar-refractivity contribution in [3.8, 4) is 11.5 Å². The van der Waals surface area contributed by atoms with Crippen LogP contribution in [-0.4, -0.2) is 30.0 Å². The molecule has 0 radical (unpaired) electrons. The Morgan fingerprint density at radius 1 is 0.491 bits per heavy atom. The van der Waals surface area contributed by atoms with Crippen molar-refractivity contribution in [1.29, 1.82) is 0 Å². The minimum atomic E-state index is -0.430.